The second-order valence-corrected chi connectivity index (χ2v) is 9.05. The van der Waals surface area contributed by atoms with Crippen molar-refractivity contribution in [3.8, 4) is 23.3 Å². The van der Waals surface area contributed by atoms with Gasteiger partial charge in [-0.05, 0) is 54.5 Å². The van der Waals surface area contributed by atoms with Crippen molar-refractivity contribution in [2.75, 3.05) is 25.6 Å². The lowest BCUT2D eigenvalue weighted by molar-refractivity contribution is -0.112. The van der Waals surface area contributed by atoms with E-state index in [0.717, 1.165) is 9.48 Å². The van der Waals surface area contributed by atoms with Crippen LogP contribution in [0.5, 0.6) is 17.2 Å². The molecule has 8 nitrogen and oxygen atoms in total. The molecule has 0 unspecified atom stereocenters. The maximum Gasteiger partial charge on any atom is 0.268 e. The lowest BCUT2D eigenvalue weighted by Crippen LogP contribution is -2.13. The molecule has 0 bridgehead atoms. The summed E-state index contributed by atoms with van der Waals surface area (Å²) in [5, 5.41) is 21.3. The zero-order valence-corrected chi connectivity index (χ0v) is 21.5. The minimum Gasteiger partial charge on any atom is -0.493 e. The minimum absolute atomic E-state index is 0.122. The Labute approximate surface area is 214 Å². The summed E-state index contributed by atoms with van der Waals surface area (Å²) in [5.74, 6) is 0.815. The molecule has 176 valence electrons. The van der Waals surface area contributed by atoms with Gasteiger partial charge in [0.2, 0.25) is 5.13 Å². The van der Waals surface area contributed by atoms with Gasteiger partial charge in [-0.3, -0.25) is 10.1 Å². The Morgan fingerprint density at radius 1 is 1.24 bits per heavy atom. The van der Waals surface area contributed by atoms with Gasteiger partial charge in [-0.25, -0.2) is 0 Å². The third kappa shape index (κ3) is 6.93. The predicted octanol–water partition coefficient (Wildman–Crippen LogP) is 5.53. The van der Waals surface area contributed by atoms with E-state index in [1.54, 1.807) is 12.1 Å². The van der Waals surface area contributed by atoms with Crippen LogP contribution < -0.4 is 19.5 Å². The number of hydrogen-bond acceptors (Lipinski definition) is 8. The molecule has 0 spiro atoms. The molecule has 2 aromatic carbocycles. The lowest BCUT2D eigenvalue weighted by Gasteiger charge is -2.14. The van der Waals surface area contributed by atoms with Crippen LogP contribution in [0, 0.1) is 11.3 Å². The fourth-order valence-corrected chi connectivity index (χ4v) is 3.94. The van der Waals surface area contributed by atoms with Gasteiger partial charge >= 0.3 is 0 Å². The third-order valence-corrected chi connectivity index (χ3v) is 6.12. The van der Waals surface area contributed by atoms with E-state index in [1.165, 1.54) is 24.5 Å². The summed E-state index contributed by atoms with van der Waals surface area (Å²) >= 11 is 11.0. The standard InChI is InChI=1S/C23H20BrClN4O4S/c1-3-20-28-29-23(34-20)27-22(30)15(13-26)10-14-11-18(25)21(19(12-14)31-2)33-9-8-32-17-6-4-16(24)5-7-17/h4-7,10-12H,3,8-9H2,1-2H3,(H,27,29,30)/b15-10-. The van der Waals surface area contributed by atoms with Gasteiger partial charge in [0.25, 0.3) is 5.91 Å². The van der Waals surface area contributed by atoms with Crippen molar-refractivity contribution >= 4 is 56.0 Å². The molecule has 11 heteroatoms. The van der Waals surface area contributed by atoms with E-state index in [9.17, 15) is 10.1 Å². The molecule has 0 fully saturated rings. The molecule has 34 heavy (non-hydrogen) atoms. The minimum atomic E-state index is -0.596. The molecular formula is C23H20BrClN4O4S. The summed E-state index contributed by atoms with van der Waals surface area (Å²) in [6.07, 6.45) is 2.11. The molecule has 1 heterocycles. The van der Waals surface area contributed by atoms with E-state index in [2.05, 4.69) is 31.4 Å². The lowest BCUT2D eigenvalue weighted by atomic mass is 10.1. The Bertz CT molecular complexity index is 1220. The van der Waals surface area contributed by atoms with Crippen LogP contribution in [0.3, 0.4) is 0 Å². The summed E-state index contributed by atoms with van der Waals surface area (Å²) in [6.45, 7) is 2.47. The topological polar surface area (TPSA) is 106 Å². The van der Waals surface area contributed by atoms with Crippen LogP contribution >= 0.6 is 38.9 Å². The smallest absolute Gasteiger partial charge is 0.268 e. The number of carbonyl (C=O) groups is 1. The number of rotatable bonds is 10. The van der Waals surface area contributed by atoms with E-state index >= 15 is 0 Å². The number of ether oxygens (including phenoxy) is 3. The first-order valence-electron chi connectivity index (χ1n) is 10.1. The summed E-state index contributed by atoms with van der Waals surface area (Å²) in [5.41, 5.74) is 0.376. The molecule has 3 rings (SSSR count). The van der Waals surface area contributed by atoms with Crippen LogP contribution in [0.25, 0.3) is 6.08 Å². The molecule has 0 atom stereocenters. The molecule has 3 aromatic rings. The van der Waals surface area contributed by atoms with E-state index < -0.39 is 5.91 Å². The fraction of sp³-hybridized carbons (Fsp3) is 0.217. The van der Waals surface area contributed by atoms with Crippen LogP contribution in [0.2, 0.25) is 5.02 Å². The van der Waals surface area contributed by atoms with Crippen molar-refractivity contribution in [1.82, 2.24) is 10.2 Å². The molecule has 0 radical (unpaired) electrons. The number of aromatic nitrogens is 2. The van der Waals surface area contributed by atoms with Gasteiger partial charge in [0.15, 0.2) is 11.5 Å². The van der Waals surface area contributed by atoms with E-state index in [4.69, 9.17) is 25.8 Å². The van der Waals surface area contributed by atoms with Crippen molar-refractivity contribution in [3.63, 3.8) is 0 Å². The van der Waals surface area contributed by atoms with Gasteiger partial charge in [-0.2, -0.15) is 5.26 Å². The molecule has 0 aliphatic carbocycles. The Balaban J connectivity index is 1.68. The molecular weight excluding hydrogens is 544 g/mol. The number of nitrogens with zero attached hydrogens (tertiary/aromatic N) is 3. The number of benzene rings is 2. The maximum atomic E-state index is 12.5. The zero-order chi connectivity index (χ0) is 24.5. The van der Waals surface area contributed by atoms with Gasteiger partial charge in [-0.1, -0.05) is 45.8 Å². The molecule has 0 saturated carbocycles. The summed E-state index contributed by atoms with van der Waals surface area (Å²) in [4.78, 5) is 12.5. The number of methoxy groups -OCH3 is 1. The average molecular weight is 564 g/mol. The number of amides is 1. The Hall–Kier alpha value is -3.13. The average Bonchev–Trinajstić information content (AvgIpc) is 3.29. The maximum absolute atomic E-state index is 12.5. The van der Waals surface area contributed by atoms with Crippen LogP contribution in [-0.4, -0.2) is 36.4 Å². The predicted molar refractivity (Wildman–Crippen MR) is 135 cm³/mol. The van der Waals surface area contributed by atoms with E-state index in [-0.39, 0.29) is 17.2 Å². The largest absolute Gasteiger partial charge is 0.493 e. The third-order valence-electron chi connectivity index (χ3n) is 4.33. The number of halogens is 2. The summed E-state index contributed by atoms with van der Waals surface area (Å²) < 4.78 is 17.8. The first-order chi connectivity index (χ1) is 16.4. The molecule has 0 aliphatic rings. The highest BCUT2D eigenvalue weighted by Crippen LogP contribution is 2.37. The molecule has 0 saturated heterocycles. The van der Waals surface area contributed by atoms with Gasteiger partial charge in [0, 0.05) is 4.47 Å². The monoisotopic (exact) mass is 562 g/mol. The van der Waals surface area contributed by atoms with Crippen LogP contribution in [0.15, 0.2) is 46.4 Å². The number of aryl methyl sites for hydroxylation is 1. The normalized spacial score (nSPS) is 11.0. The SMILES string of the molecule is CCc1nnc(NC(=O)/C(C#N)=C\c2cc(Cl)c(OCCOc3ccc(Br)cc3)c(OC)c2)s1. The molecule has 1 N–H and O–H groups in total. The number of nitrogens with one attached hydrogen (secondary N) is 1. The second-order valence-electron chi connectivity index (χ2n) is 6.66. The first kappa shape index (κ1) is 25.5. The van der Waals surface area contributed by atoms with Crippen molar-refractivity contribution in [3.05, 3.63) is 62.0 Å². The quantitative estimate of drug-likeness (QED) is 0.196. The van der Waals surface area contributed by atoms with Crippen LogP contribution in [0.4, 0.5) is 5.13 Å². The van der Waals surface area contributed by atoms with Crippen molar-refractivity contribution < 1.29 is 19.0 Å². The summed E-state index contributed by atoms with van der Waals surface area (Å²) in [6, 6.07) is 12.6. The highest BCUT2D eigenvalue weighted by Gasteiger charge is 2.15. The Morgan fingerprint density at radius 2 is 1.97 bits per heavy atom. The van der Waals surface area contributed by atoms with Crippen molar-refractivity contribution in [2.24, 2.45) is 0 Å². The van der Waals surface area contributed by atoms with Gasteiger partial charge in [0.1, 0.15) is 35.6 Å². The van der Waals surface area contributed by atoms with Crippen molar-refractivity contribution in [2.45, 2.75) is 13.3 Å². The summed E-state index contributed by atoms with van der Waals surface area (Å²) in [7, 11) is 1.48. The number of anilines is 1. The molecule has 0 aliphatic heterocycles. The number of carbonyl (C=O) groups excluding carboxylic acids is 1. The van der Waals surface area contributed by atoms with Crippen LogP contribution in [-0.2, 0) is 11.2 Å². The Morgan fingerprint density at radius 3 is 2.62 bits per heavy atom. The van der Waals surface area contributed by atoms with Gasteiger partial charge in [0.05, 0.1) is 12.1 Å². The van der Waals surface area contributed by atoms with Gasteiger partial charge < -0.3 is 14.2 Å². The molecule has 1 aromatic heterocycles. The van der Waals surface area contributed by atoms with E-state index in [0.29, 0.717) is 41.0 Å². The van der Waals surface area contributed by atoms with Crippen molar-refractivity contribution in [1.29, 1.82) is 5.26 Å². The Kier molecular flexibility index (Phi) is 9.27. The van der Waals surface area contributed by atoms with E-state index in [1.807, 2.05) is 37.3 Å². The zero-order valence-electron chi connectivity index (χ0n) is 18.3. The number of nitriles is 1. The fourth-order valence-electron chi connectivity index (χ4n) is 2.72. The molecule has 1 amide bonds. The highest BCUT2D eigenvalue weighted by atomic mass is 79.9. The second kappa shape index (κ2) is 12.4. The first-order valence-corrected chi connectivity index (χ1v) is 12.1. The number of hydrogen-bond donors (Lipinski definition) is 1. The van der Waals surface area contributed by atoms with Crippen LogP contribution in [0.1, 0.15) is 17.5 Å². The van der Waals surface area contributed by atoms with Gasteiger partial charge in [-0.15, -0.1) is 10.2 Å². The highest BCUT2D eigenvalue weighted by molar-refractivity contribution is 9.10.